The van der Waals surface area contributed by atoms with Crippen LogP contribution in [0.25, 0.3) is 0 Å². The van der Waals surface area contributed by atoms with Gasteiger partial charge in [0, 0.05) is 0 Å². The zero-order valence-electron chi connectivity index (χ0n) is 2.54. The molecule has 0 heterocycles. The fraction of sp³-hybridized carbons (Fsp3) is 0.667. The molecule has 0 N–H and O–H groups in total. The van der Waals surface area contributed by atoms with Crippen molar-refractivity contribution in [2.45, 2.75) is 11.8 Å². The third-order valence-corrected chi connectivity index (χ3v) is 1.50. The van der Waals surface area contributed by atoms with E-state index in [-0.39, 0.29) is 5.38 Å². The molecule has 0 aromatic heterocycles. The van der Waals surface area contributed by atoms with E-state index >= 15 is 0 Å². The van der Waals surface area contributed by atoms with Gasteiger partial charge < -0.3 is 0 Å². The molecule has 29 valence electrons. The van der Waals surface area contributed by atoms with Crippen LogP contribution in [-0.2, 0) is 0 Å². The Morgan fingerprint density at radius 2 is 2.00 bits per heavy atom. The summed E-state index contributed by atoms with van der Waals surface area (Å²) in [5, 5.41) is 1.11. The van der Waals surface area contributed by atoms with Crippen molar-refractivity contribution in [1.82, 2.24) is 0 Å². The molecular formula is C3H3Cl2. The molecule has 0 bridgehead atoms. The van der Waals surface area contributed by atoms with Gasteiger partial charge in [-0.3, -0.25) is 0 Å². The highest BCUT2D eigenvalue weighted by molar-refractivity contribution is 6.39. The Labute approximate surface area is 41.1 Å². The summed E-state index contributed by atoms with van der Waals surface area (Å²) in [5.74, 6) is 0. The predicted octanol–water partition coefficient (Wildman–Crippen LogP) is 1.77. The molecule has 1 saturated carbocycles. The molecule has 0 aromatic rings. The average molecular weight is 110 g/mol. The van der Waals surface area contributed by atoms with Crippen molar-refractivity contribution in [3.63, 3.8) is 0 Å². The summed E-state index contributed by atoms with van der Waals surface area (Å²) in [4.78, 5) is 0. The number of hydrogen-bond acceptors (Lipinski definition) is 0. The smallest absolute Gasteiger partial charge is 0.0830 e. The summed E-state index contributed by atoms with van der Waals surface area (Å²) in [6.45, 7) is 0. The van der Waals surface area contributed by atoms with Gasteiger partial charge in [-0.2, -0.15) is 0 Å². The molecule has 1 radical (unpaired) electrons. The SMILES string of the molecule is Cl[C]1C[C@H]1Cl. The van der Waals surface area contributed by atoms with Gasteiger partial charge in [0.25, 0.3) is 0 Å². The quantitative estimate of drug-likeness (QED) is 0.417. The van der Waals surface area contributed by atoms with Gasteiger partial charge in [0.05, 0.1) is 10.8 Å². The fourth-order valence-electron chi connectivity index (χ4n) is 0.112. The van der Waals surface area contributed by atoms with E-state index < -0.39 is 0 Å². The lowest BCUT2D eigenvalue weighted by Crippen LogP contribution is -1.54. The maximum absolute atomic E-state index is 5.37. The first kappa shape index (κ1) is 3.76. The second kappa shape index (κ2) is 1.02. The minimum atomic E-state index is 0.205. The van der Waals surface area contributed by atoms with Crippen LogP contribution in [0, 0.1) is 5.38 Å². The van der Waals surface area contributed by atoms with Crippen molar-refractivity contribution in [3.8, 4) is 0 Å². The number of hydrogen-bond donors (Lipinski definition) is 0. The van der Waals surface area contributed by atoms with Crippen LogP contribution in [0.15, 0.2) is 0 Å². The van der Waals surface area contributed by atoms with Crippen LogP contribution in [0.4, 0.5) is 0 Å². The van der Waals surface area contributed by atoms with E-state index in [4.69, 9.17) is 23.2 Å². The highest BCUT2D eigenvalue weighted by Gasteiger charge is 2.33. The van der Waals surface area contributed by atoms with Crippen molar-refractivity contribution < 1.29 is 0 Å². The Kier molecular flexibility index (Phi) is 0.768. The Balaban J connectivity index is 2.20. The molecule has 0 nitrogen and oxygen atoms in total. The molecule has 0 saturated heterocycles. The zero-order chi connectivity index (χ0) is 3.86. The molecule has 1 atom stereocenters. The van der Waals surface area contributed by atoms with E-state index in [2.05, 4.69) is 0 Å². The minimum Gasteiger partial charge on any atom is -0.121 e. The maximum Gasteiger partial charge on any atom is 0.0830 e. The lowest BCUT2D eigenvalue weighted by molar-refractivity contribution is 1.50. The van der Waals surface area contributed by atoms with Crippen LogP contribution in [0.1, 0.15) is 6.42 Å². The molecule has 1 fully saturated rings. The van der Waals surface area contributed by atoms with Crippen LogP contribution in [0.2, 0.25) is 0 Å². The van der Waals surface area contributed by atoms with Gasteiger partial charge in [-0.25, -0.2) is 0 Å². The monoisotopic (exact) mass is 109 g/mol. The molecule has 1 aliphatic rings. The molecule has 2 heteroatoms. The standard InChI is InChI=1S/C3H3Cl2/c4-2-1-3(2)5/h2H,1H2/t2-/m1/s1. The molecule has 0 amide bonds. The largest absolute Gasteiger partial charge is 0.121 e. The number of rotatable bonds is 0. The van der Waals surface area contributed by atoms with Crippen LogP contribution in [0.3, 0.4) is 0 Å². The van der Waals surface area contributed by atoms with Gasteiger partial charge in [-0.05, 0) is 6.42 Å². The third-order valence-electron chi connectivity index (χ3n) is 0.554. The number of alkyl halides is 1. The van der Waals surface area contributed by atoms with E-state index in [1.54, 1.807) is 0 Å². The first-order chi connectivity index (χ1) is 2.30. The molecule has 1 aliphatic carbocycles. The van der Waals surface area contributed by atoms with Crippen LogP contribution < -0.4 is 0 Å². The van der Waals surface area contributed by atoms with E-state index in [1.807, 2.05) is 0 Å². The van der Waals surface area contributed by atoms with E-state index in [9.17, 15) is 0 Å². The second-order valence-electron chi connectivity index (χ2n) is 1.12. The summed E-state index contributed by atoms with van der Waals surface area (Å²) < 4.78 is 0. The first-order valence-electron chi connectivity index (χ1n) is 1.46. The normalized spacial score (nSPS) is 38.4. The fourth-order valence-corrected chi connectivity index (χ4v) is 0.512. The summed E-state index contributed by atoms with van der Waals surface area (Å²) >= 11 is 10.7. The van der Waals surface area contributed by atoms with E-state index in [0.717, 1.165) is 11.8 Å². The molecule has 0 aromatic carbocycles. The summed E-state index contributed by atoms with van der Waals surface area (Å²) in [5.41, 5.74) is 0. The van der Waals surface area contributed by atoms with Gasteiger partial charge in [-0.1, -0.05) is 0 Å². The van der Waals surface area contributed by atoms with Crippen LogP contribution >= 0.6 is 23.2 Å². The summed E-state index contributed by atoms with van der Waals surface area (Å²) in [6.07, 6.45) is 0.920. The van der Waals surface area contributed by atoms with Gasteiger partial charge >= 0.3 is 0 Å². The minimum absolute atomic E-state index is 0.205. The van der Waals surface area contributed by atoms with E-state index in [0.29, 0.717) is 0 Å². The Bertz CT molecular complexity index is 38.2. The van der Waals surface area contributed by atoms with Crippen LogP contribution in [0.5, 0.6) is 0 Å². The number of halogens is 2. The Morgan fingerprint density at radius 3 is 2.00 bits per heavy atom. The highest BCUT2D eigenvalue weighted by Crippen LogP contribution is 2.41. The van der Waals surface area contributed by atoms with Crippen LogP contribution in [-0.4, -0.2) is 5.38 Å². The summed E-state index contributed by atoms with van der Waals surface area (Å²) in [7, 11) is 0. The van der Waals surface area contributed by atoms with E-state index in [1.165, 1.54) is 0 Å². The average Bonchev–Trinajstić information content (AvgIpc) is 1.79. The van der Waals surface area contributed by atoms with Crippen molar-refractivity contribution in [1.29, 1.82) is 0 Å². The zero-order valence-corrected chi connectivity index (χ0v) is 4.05. The van der Waals surface area contributed by atoms with Crippen molar-refractivity contribution in [2.75, 3.05) is 0 Å². The molecule has 0 aliphatic heterocycles. The molecule has 5 heavy (non-hydrogen) atoms. The molecule has 0 spiro atoms. The molecular weight excluding hydrogens is 107 g/mol. The molecule has 0 unspecified atom stereocenters. The third kappa shape index (κ3) is 0.704. The lowest BCUT2D eigenvalue weighted by atomic mass is 11.0. The van der Waals surface area contributed by atoms with Gasteiger partial charge in [0.15, 0.2) is 0 Å². The van der Waals surface area contributed by atoms with Gasteiger partial charge in [-0.15, -0.1) is 23.2 Å². The van der Waals surface area contributed by atoms with Crippen molar-refractivity contribution in [3.05, 3.63) is 5.38 Å². The first-order valence-corrected chi connectivity index (χ1v) is 2.27. The second-order valence-corrected chi connectivity index (χ2v) is 2.13. The topological polar surface area (TPSA) is 0 Å². The van der Waals surface area contributed by atoms with Crippen molar-refractivity contribution in [2.24, 2.45) is 0 Å². The van der Waals surface area contributed by atoms with Gasteiger partial charge in [0.2, 0.25) is 0 Å². The van der Waals surface area contributed by atoms with Gasteiger partial charge in [0.1, 0.15) is 0 Å². The highest BCUT2D eigenvalue weighted by atomic mass is 35.5. The lowest BCUT2D eigenvalue weighted by Gasteiger charge is -1.60. The Hall–Kier alpha value is 0.580. The summed E-state index contributed by atoms with van der Waals surface area (Å²) in [6, 6.07) is 0. The predicted molar refractivity (Wildman–Crippen MR) is 23.4 cm³/mol. The Morgan fingerprint density at radius 1 is 1.80 bits per heavy atom. The van der Waals surface area contributed by atoms with Crippen molar-refractivity contribution >= 4 is 23.2 Å². The molecule has 1 rings (SSSR count). The maximum atomic E-state index is 5.37.